The van der Waals surface area contributed by atoms with E-state index in [-0.39, 0.29) is 11.4 Å². The molecular weight excluding hydrogens is 240 g/mol. The van der Waals surface area contributed by atoms with Crippen LogP contribution < -0.4 is 0 Å². The molecule has 6 nitrogen and oxygen atoms in total. The van der Waals surface area contributed by atoms with Gasteiger partial charge < -0.3 is 19.7 Å². The molecule has 2 N–H and O–H groups in total. The molecule has 2 aliphatic rings. The standard InChI is InChI=1S/C12H16O6/c1-5-7-6(10(14)15)4-18-11(17-3)8(7)12(2,16)9(5)13/h4-5,7-8,11,16H,1-3H3,(H,14,15)/t5-,7+,8+,11?,12+/m0/s1. The number of rotatable bonds is 2. The number of methoxy groups -OCH3 is 1. The van der Waals surface area contributed by atoms with Crippen LogP contribution in [0.1, 0.15) is 13.8 Å². The first kappa shape index (κ1) is 13.0. The predicted molar refractivity (Wildman–Crippen MR) is 59.4 cm³/mol. The number of carbonyl (C=O) groups is 2. The van der Waals surface area contributed by atoms with Crippen molar-refractivity contribution in [3.63, 3.8) is 0 Å². The average Bonchev–Trinajstić information content (AvgIpc) is 2.50. The molecule has 2 rings (SSSR count). The third-order valence-corrected chi connectivity index (χ3v) is 3.95. The molecule has 0 amide bonds. The van der Waals surface area contributed by atoms with Crippen LogP contribution in [0.3, 0.4) is 0 Å². The molecule has 100 valence electrons. The summed E-state index contributed by atoms with van der Waals surface area (Å²) in [6, 6.07) is 0. The molecule has 0 bridgehead atoms. The minimum Gasteiger partial charge on any atom is -0.478 e. The number of ether oxygens (including phenoxy) is 2. The lowest BCUT2D eigenvalue weighted by Crippen LogP contribution is -2.47. The van der Waals surface area contributed by atoms with E-state index in [1.165, 1.54) is 14.0 Å². The fourth-order valence-electron chi connectivity index (χ4n) is 3.04. The Balaban J connectivity index is 2.51. The van der Waals surface area contributed by atoms with Crippen molar-refractivity contribution in [2.75, 3.05) is 7.11 Å². The van der Waals surface area contributed by atoms with Gasteiger partial charge in [-0.3, -0.25) is 4.79 Å². The summed E-state index contributed by atoms with van der Waals surface area (Å²) in [5, 5.41) is 19.4. The van der Waals surface area contributed by atoms with E-state index in [4.69, 9.17) is 14.6 Å². The third kappa shape index (κ3) is 1.56. The number of ketones is 1. The van der Waals surface area contributed by atoms with Gasteiger partial charge in [0.15, 0.2) is 5.78 Å². The first-order valence-corrected chi connectivity index (χ1v) is 5.70. The van der Waals surface area contributed by atoms with Crippen LogP contribution in [0.15, 0.2) is 11.8 Å². The van der Waals surface area contributed by atoms with Gasteiger partial charge in [-0.05, 0) is 6.92 Å². The van der Waals surface area contributed by atoms with Crippen molar-refractivity contribution >= 4 is 11.8 Å². The minimum atomic E-state index is -1.64. The van der Waals surface area contributed by atoms with Crippen molar-refractivity contribution in [2.24, 2.45) is 17.8 Å². The van der Waals surface area contributed by atoms with Gasteiger partial charge in [-0.1, -0.05) is 6.92 Å². The second-order valence-corrected chi connectivity index (χ2v) is 4.97. The molecule has 0 spiro atoms. The molecule has 18 heavy (non-hydrogen) atoms. The first-order chi connectivity index (χ1) is 8.32. The normalized spacial score (nSPS) is 43.1. The minimum absolute atomic E-state index is 0.00641. The second-order valence-electron chi connectivity index (χ2n) is 4.97. The van der Waals surface area contributed by atoms with E-state index in [0.717, 1.165) is 6.26 Å². The summed E-state index contributed by atoms with van der Waals surface area (Å²) in [7, 11) is 1.39. The Labute approximate surface area is 104 Å². The van der Waals surface area contributed by atoms with Gasteiger partial charge >= 0.3 is 5.97 Å². The average molecular weight is 256 g/mol. The van der Waals surface area contributed by atoms with E-state index in [1.807, 2.05) is 0 Å². The van der Waals surface area contributed by atoms with E-state index < -0.39 is 35.6 Å². The smallest absolute Gasteiger partial charge is 0.335 e. The summed E-state index contributed by atoms with van der Waals surface area (Å²) >= 11 is 0. The lowest BCUT2D eigenvalue weighted by Gasteiger charge is -2.36. The lowest BCUT2D eigenvalue weighted by molar-refractivity contribution is -0.183. The van der Waals surface area contributed by atoms with E-state index in [9.17, 15) is 14.7 Å². The zero-order valence-electron chi connectivity index (χ0n) is 10.4. The van der Waals surface area contributed by atoms with Gasteiger partial charge in [0.05, 0.1) is 17.8 Å². The summed E-state index contributed by atoms with van der Waals surface area (Å²) in [6.07, 6.45) is 0.296. The highest BCUT2D eigenvalue weighted by Crippen LogP contribution is 2.49. The van der Waals surface area contributed by atoms with Crippen LogP contribution in [0.2, 0.25) is 0 Å². The molecule has 5 atom stereocenters. The zero-order valence-corrected chi connectivity index (χ0v) is 10.4. The highest BCUT2D eigenvalue weighted by Gasteiger charge is 2.62. The Kier molecular flexibility index (Phi) is 2.95. The number of Topliss-reactive ketones (excluding diaryl/α,β-unsaturated/α-hetero) is 1. The van der Waals surface area contributed by atoms with Gasteiger partial charge in [0.25, 0.3) is 0 Å². The van der Waals surface area contributed by atoms with Crippen LogP contribution in [0.5, 0.6) is 0 Å². The summed E-state index contributed by atoms with van der Waals surface area (Å²) in [4.78, 5) is 23.2. The Morgan fingerprint density at radius 3 is 2.67 bits per heavy atom. The number of fused-ring (bicyclic) bond motifs is 1. The van der Waals surface area contributed by atoms with Crippen LogP contribution in [0.4, 0.5) is 0 Å². The molecule has 0 radical (unpaired) electrons. The Morgan fingerprint density at radius 1 is 1.56 bits per heavy atom. The zero-order chi connectivity index (χ0) is 13.7. The summed E-state index contributed by atoms with van der Waals surface area (Å²) in [6.45, 7) is 3.01. The van der Waals surface area contributed by atoms with E-state index >= 15 is 0 Å². The van der Waals surface area contributed by atoms with Crippen LogP contribution in [-0.2, 0) is 19.1 Å². The number of aliphatic carboxylic acids is 1. The summed E-state index contributed by atoms with van der Waals surface area (Å²) in [5.41, 5.74) is -1.63. The highest BCUT2D eigenvalue weighted by atomic mass is 16.7. The van der Waals surface area contributed by atoms with Crippen molar-refractivity contribution in [2.45, 2.75) is 25.7 Å². The molecule has 1 saturated carbocycles. The van der Waals surface area contributed by atoms with Crippen molar-refractivity contribution < 1.29 is 29.3 Å². The van der Waals surface area contributed by atoms with Crippen LogP contribution in [-0.4, -0.2) is 41.0 Å². The van der Waals surface area contributed by atoms with Gasteiger partial charge in [0.1, 0.15) is 5.60 Å². The molecule has 1 aliphatic carbocycles. The fourth-order valence-corrected chi connectivity index (χ4v) is 3.04. The van der Waals surface area contributed by atoms with Crippen LogP contribution in [0.25, 0.3) is 0 Å². The number of carbonyl (C=O) groups excluding carboxylic acids is 1. The Hall–Kier alpha value is -1.40. The third-order valence-electron chi connectivity index (χ3n) is 3.95. The number of hydrogen-bond acceptors (Lipinski definition) is 5. The molecule has 6 heteroatoms. The maximum absolute atomic E-state index is 12.0. The van der Waals surface area contributed by atoms with Gasteiger partial charge in [-0.2, -0.15) is 0 Å². The largest absolute Gasteiger partial charge is 0.478 e. The van der Waals surface area contributed by atoms with Crippen molar-refractivity contribution in [1.82, 2.24) is 0 Å². The monoisotopic (exact) mass is 256 g/mol. The quantitative estimate of drug-likeness (QED) is 0.731. The second kappa shape index (κ2) is 4.07. The van der Waals surface area contributed by atoms with Crippen molar-refractivity contribution in [3.8, 4) is 0 Å². The molecule has 0 aromatic heterocycles. The molecule has 0 aromatic rings. The molecule has 0 aromatic carbocycles. The predicted octanol–water partition coefficient (Wildman–Crippen LogP) is 0.160. The Bertz CT molecular complexity index is 424. The van der Waals surface area contributed by atoms with Crippen molar-refractivity contribution in [1.29, 1.82) is 0 Å². The van der Waals surface area contributed by atoms with E-state index in [2.05, 4.69) is 0 Å². The van der Waals surface area contributed by atoms with E-state index in [1.54, 1.807) is 6.92 Å². The topological polar surface area (TPSA) is 93.1 Å². The maximum atomic E-state index is 12.0. The van der Waals surface area contributed by atoms with Gasteiger partial charge in [-0.15, -0.1) is 0 Å². The van der Waals surface area contributed by atoms with Gasteiger partial charge in [0, 0.05) is 18.9 Å². The molecule has 1 unspecified atom stereocenters. The SMILES string of the molecule is COC1OC=C(C(=O)O)[C@H]2[C@H](C)C(=O)[C@](C)(O)[C@@H]12. The lowest BCUT2D eigenvalue weighted by atomic mass is 9.79. The maximum Gasteiger partial charge on any atom is 0.335 e. The molecule has 1 aliphatic heterocycles. The molecule has 0 saturated heterocycles. The number of aliphatic hydroxyl groups is 1. The van der Waals surface area contributed by atoms with E-state index in [0.29, 0.717) is 0 Å². The van der Waals surface area contributed by atoms with Crippen LogP contribution >= 0.6 is 0 Å². The summed E-state index contributed by atoms with van der Waals surface area (Å²) in [5.74, 6) is -3.40. The number of carboxylic acids is 1. The van der Waals surface area contributed by atoms with Crippen molar-refractivity contribution in [3.05, 3.63) is 11.8 Å². The first-order valence-electron chi connectivity index (χ1n) is 5.70. The Morgan fingerprint density at radius 2 is 2.17 bits per heavy atom. The molecule has 1 fully saturated rings. The van der Waals surface area contributed by atoms with Gasteiger partial charge in [-0.25, -0.2) is 4.79 Å². The number of carboxylic acid groups (broad SMARTS) is 1. The summed E-state index contributed by atoms with van der Waals surface area (Å²) < 4.78 is 10.3. The van der Waals surface area contributed by atoms with Crippen LogP contribution in [0, 0.1) is 17.8 Å². The highest BCUT2D eigenvalue weighted by molar-refractivity contribution is 5.96. The fraction of sp³-hybridized carbons (Fsp3) is 0.667. The number of hydrogen-bond donors (Lipinski definition) is 2. The molecular formula is C12H16O6. The molecule has 1 heterocycles. The van der Waals surface area contributed by atoms with Gasteiger partial charge in [0.2, 0.25) is 6.29 Å².